The molecule has 0 aromatic carbocycles. The monoisotopic (exact) mass is 516 g/mol. The van der Waals surface area contributed by atoms with Gasteiger partial charge in [-0.05, 0) is 128 Å². The number of rotatable bonds is 0. The minimum atomic E-state index is 0.620. The fourth-order valence-corrected chi connectivity index (χ4v) is 9.09. The normalized spacial score (nSPS) is 49.7. The number of piperidine rings is 5. The van der Waals surface area contributed by atoms with Gasteiger partial charge in [0, 0.05) is 37.3 Å². The van der Waals surface area contributed by atoms with Crippen LogP contribution in [0.3, 0.4) is 0 Å². The van der Waals surface area contributed by atoms with E-state index in [1.54, 1.807) is 0 Å². The molecule has 9 aliphatic rings. The Morgan fingerprint density at radius 2 is 1.14 bits per heavy atom. The van der Waals surface area contributed by atoms with Crippen molar-refractivity contribution in [2.45, 2.75) is 122 Å². The van der Waals surface area contributed by atoms with Crippen molar-refractivity contribution in [1.29, 1.82) is 0 Å². The van der Waals surface area contributed by atoms with Gasteiger partial charge < -0.3 is 19.4 Å². The Kier molecular flexibility index (Phi) is 9.28. The fourth-order valence-electron chi connectivity index (χ4n) is 9.09. The van der Waals surface area contributed by atoms with Crippen LogP contribution in [-0.2, 0) is 4.74 Å². The molecule has 9 saturated heterocycles. The van der Waals surface area contributed by atoms with Crippen LogP contribution in [0.5, 0.6) is 0 Å². The van der Waals surface area contributed by atoms with Crippen molar-refractivity contribution < 1.29 is 4.74 Å². The summed E-state index contributed by atoms with van der Waals surface area (Å²) in [4.78, 5) is 10.1. The lowest BCUT2D eigenvalue weighted by molar-refractivity contribution is 0.0526. The Bertz CT molecular complexity index is 686. The van der Waals surface area contributed by atoms with Gasteiger partial charge in [0.1, 0.15) is 12.2 Å². The molecule has 9 fully saturated rings. The summed E-state index contributed by atoms with van der Waals surface area (Å²) in [7, 11) is 6.74. The molecule has 6 bridgehead atoms. The van der Waals surface area contributed by atoms with Crippen molar-refractivity contribution in [3.63, 3.8) is 0 Å². The predicted octanol–water partition coefficient (Wildman–Crippen LogP) is 5.05. The van der Waals surface area contributed by atoms with E-state index in [-0.39, 0.29) is 0 Å². The van der Waals surface area contributed by atoms with E-state index in [9.17, 15) is 0 Å². The van der Waals surface area contributed by atoms with Gasteiger partial charge >= 0.3 is 0 Å². The van der Waals surface area contributed by atoms with Gasteiger partial charge in [-0.1, -0.05) is 27.7 Å². The van der Waals surface area contributed by atoms with Crippen LogP contribution in [0.25, 0.3) is 0 Å². The molecule has 0 N–H and O–H groups in total. The van der Waals surface area contributed by atoms with E-state index in [1.165, 1.54) is 90.5 Å². The quantitative estimate of drug-likeness (QED) is 0.420. The number of likely N-dealkylation sites (tertiary alicyclic amines) is 1. The van der Waals surface area contributed by atoms with E-state index in [2.05, 4.69) is 68.4 Å². The maximum atomic E-state index is 5.60. The average Bonchev–Trinajstić information content (AvgIpc) is 3.48. The smallest absolute Gasteiger partial charge is 0.101 e. The first-order valence-electron chi connectivity index (χ1n) is 16.2. The molecule has 9 rings (SSSR count). The third-order valence-corrected chi connectivity index (χ3v) is 11.6. The third-order valence-electron chi connectivity index (χ3n) is 11.6. The van der Waals surface area contributed by atoms with E-state index in [0.29, 0.717) is 12.2 Å². The van der Waals surface area contributed by atoms with E-state index < -0.39 is 0 Å². The molecule has 37 heavy (non-hydrogen) atoms. The molecule has 9 aliphatic heterocycles. The molecule has 0 spiro atoms. The molecule has 0 aromatic rings. The molecule has 5 heteroatoms. The Balaban J connectivity index is 0.000000102. The summed E-state index contributed by atoms with van der Waals surface area (Å²) < 4.78 is 5.60. The van der Waals surface area contributed by atoms with Gasteiger partial charge in [-0.25, -0.2) is 0 Å². The van der Waals surface area contributed by atoms with Gasteiger partial charge in [0.2, 0.25) is 0 Å². The van der Waals surface area contributed by atoms with Crippen molar-refractivity contribution in [1.82, 2.24) is 19.6 Å². The first-order chi connectivity index (χ1) is 17.7. The van der Waals surface area contributed by atoms with Gasteiger partial charge in [0.05, 0.1) is 0 Å². The second-order valence-electron chi connectivity index (χ2n) is 14.8. The summed E-state index contributed by atoms with van der Waals surface area (Å²) in [5.74, 6) is 4.94. The van der Waals surface area contributed by atoms with Gasteiger partial charge in [-0.15, -0.1) is 0 Å². The van der Waals surface area contributed by atoms with Crippen LogP contribution in [0, 0.1) is 29.6 Å². The molecule has 8 atom stereocenters. The topological polar surface area (TPSA) is 25.5 Å². The number of likely N-dealkylation sites (N-methyl/N-ethyl adjacent to an activating group) is 1. The highest BCUT2D eigenvalue weighted by Gasteiger charge is 2.61. The Morgan fingerprint density at radius 1 is 0.568 bits per heavy atom. The molecule has 0 amide bonds. The highest BCUT2D eigenvalue weighted by molar-refractivity contribution is 5.13. The number of morpholine rings is 1. The summed E-state index contributed by atoms with van der Waals surface area (Å²) in [6.07, 6.45) is 14.1. The maximum Gasteiger partial charge on any atom is 0.101 e. The van der Waals surface area contributed by atoms with Crippen molar-refractivity contribution in [2.24, 2.45) is 29.6 Å². The molecule has 9 heterocycles. The van der Waals surface area contributed by atoms with Crippen LogP contribution in [0.2, 0.25) is 0 Å². The second kappa shape index (κ2) is 12.1. The van der Waals surface area contributed by atoms with E-state index in [1.807, 2.05) is 0 Å². The van der Waals surface area contributed by atoms with Crippen molar-refractivity contribution >= 4 is 0 Å². The van der Waals surface area contributed by atoms with Gasteiger partial charge in [0.25, 0.3) is 0 Å². The Morgan fingerprint density at radius 3 is 1.51 bits per heavy atom. The number of hydrogen-bond donors (Lipinski definition) is 0. The molecule has 5 nitrogen and oxygen atoms in total. The third kappa shape index (κ3) is 6.76. The second-order valence-corrected chi connectivity index (χ2v) is 14.8. The summed E-state index contributed by atoms with van der Waals surface area (Å²) in [5, 5.41) is 0. The van der Waals surface area contributed by atoms with E-state index in [4.69, 9.17) is 4.74 Å². The molecule has 0 saturated carbocycles. The highest BCUT2D eigenvalue weighted by atomic mass is 16.6. The number of epoxide rings is 1. The molecular formula is C32H60N4O. The van der Waals surface area contributed by atoms with E-state index >= 15 is 0 Å². The zero-order valence-electron chi connectivity index (χ0n) is 25.4. The van der Waals surface area contributed by atoms with Gasteiger partial charge in [-0.3, -0.25) is 4.90 Å². The zero-order chi connectivity index (χ0) is 26.3. The molecule has 0 aromatic heterocycles. The Hall–Kier alpha value is -0.200. The van der Waals surface area contributed by atoms with Crippen LogP contribution in [0.4, 0.5) is 0 Å². The number of hydrogen-bond acceptors (Lipinski definition) is 5. The lowest BCUT2D eigenvalue weighted by Gasteiger charge is -2.43. The highest BCUT2D eigenvalue weighted by Crippen LogP contribution is 2.48. The van der Waals surface area contributed by atoms with Crippen LogP contribution in [0.15, 0.2) is 0 Å². The molecule has 214 valence electrons. The molecular weight excluding hydrogens is 456 g/mol. The fraction of sp³-hybridized carbons (Fsp3) is 1.00. The first kappa shape index (κ1) is 28.3. The first-order valence-corrected chi connectivity index (χ1v) is 16.2. The van der Waals surface area contributed by atoms with E-state index in [0.717, 1.165) is 53.8 Å². The van der Waals surface area contributed by atoms with Crippen LogP contribution in [0.1, 0.15) is 85.5 Å². The van der Waals surface area contributed by atoms with Gasteiger partial charge in [-0.2, -0.15) is 0 Å². The van der Waals surface area contributed by atoms with Crippen LogP contribution in [-0.4, -0.2) is 110 Å². The lowest BCUT2D eigenvalue weighted by atomic mass is 9.80. The standard InChI is InChI=1S/C9H15NO.C9H17N.C8H15N.C6H13N/c1-5-3-6-8-9(11-8)7(4-5)10(6)2;1-7-5-8-3-4-9(6-7)10(8)2;1-7-6-9-4-2-8(7)3-5-9;1-6-3-4-7(2)5-6/h5-9H,3-4H2,1-2H3;7-9H,3-6H2,1-2H3;7-8H,2-6H2,1H3;6H,3-5H2,1-2H3. The number of ether oxygens (including phenoxy) is 1. The summed E-state index contributed by atoms with van der Waals surface area (Å²) in [6, 6.07) is 3.39. The van der Waals surface area contributed by atoms with Crippen molar-refractivity contribution in [3.8, 4) is 0 Å². The summed E-state index contributed by atoms with van der Waals surface area (Å²) in [6.45, 7) is 16.2. The lowest BCUT2D eigenvalue weighted by Crippen LogP contribution is -2.46. The molecule has 8 unspecified atom stereocenters. The molecule has 0 radical (unpaired) electrons. The SMILES string of the molecule is CC1CC2C3OC3C(C1)N2C.CC1CC2CCC(C1)N2C.CC1CCN(C)C1.CC1CN2CCC1CC2. The maximum absolute atomic E-state index is 5.60. The molecule has 0 aliphatic carbocycles. The van der Waals surface area contributed by atoms with Crippen molar-refractivity contribution in [3.05, 3.63) is 0 Å². The summed E-state index contributed by atoms with van der Waals surface area (Å²) in [5.41, 5.74) is 0. The zero-order valence-corrected chi connectivity index (χ0v) is 25.4. The van der Waals surface area contributed by atoms with Crippen molar-refractivity contribution in [2.75, 3.05) is 53.9 Å². The predicted molar refractivity (Wildman–Crippen MR) is 155 cm³/mol. The number of nitrogens with zero attached hydrogens (tertiary/aromatic N) is 4. The number of fused-ring (bicyclic) bond motifs is 10. The van der Waals surface area contributed by atoms with Gasteiger partial charge in [0.15, 0.2) is 0 Å². The Labute approximate surface area is 229 Å². The van der Waals surface area contributed by atoms with Crippen LogP contribution < -0.4 is 0 Å². The van der Waals surface area contributed by atoms with Crippen LogP contribution >= 0.6 is 0 Å². The minimum absolute atomic E-state index is 0.620. The largest absolute Gasteiger partial charge is 0.366 e. The average molecular weight is 517 g/mol. The minimum Gasteiger partial charge on any atom is -0.366 e. The summed E-state index contributed by atoms with van der Waals surface area (Å²) >= 11 is 0.